The van der Waals surface area contributed by atoms with Gasteiger partial charge in [0.05, 0.1) is 17.4 Å². The predicted octanol–water partition coefficient (Wildman–Crippen LogP) is 3.84. The molecule has 6 heteroatoms. The summed E-state index contributed by atoms with van der Waals surface area (Å²) in [6.45, 7) is 7.08. The molecule has 1 heterocycles. The number of nitrogen functional groups attached to an aromatic ring is 1. The normalized spacial score (nSPS) is 18.4. The Morgan fingerprint density at radius 3 is 2.86 bits per heavy atom. The highest BCUT2D eigenvalue weighted by atomic mass is 79.9. The second kappa shape index (κ2) is 6.77. The molecule has 0 bridgehead atoms. The maximum atomic E-state index is 12.2. The molecule has 0 aliphatic carbocycles. The number of nitrogens with one attached hydrogen (secondary N) is 1. The highest BCUT2D eigenvalue weighted by Gasteiger charge is 2.31. The van der Waals surface area contributed by atoms with E-state index in [4.69, 9.17) is 10.5 Å². The van der Waals surface area contributed by atoms with Crippen molar-refractivity contribution in [3.05, 3.63) is 22.7 Å². The number of hydrogen-bond donors (Lipinski definition) is 2. The first kappa shape index (κ1) is 16.9. The van der Waals surface area contributed by atoms with Crippen LogP contribution in [0.4, 0.5) is 16.2 Å². The number of carbonyl (C=O) groups is 1. The molecule has 122 valence electrons. The Morgan fingerprint density at radius 1 is 1.50 bits per heavy atom. The first-order valence-electron chi connectivity index (χ1n) is 7.55. The van der Waals surface area contributed by atoms with Crippen LogP contribution in [0.1, 0.15) is 33.6 Å². The van der Waals surface area contributed by atoms with Crippen molar-refractivity contribution >= 4 is 33.4 Å². The molecule has 1 fully saturated rings. The van der Waals surface area contributed by atoms with Gasteiger partial charge in [-0.25, -0.2) is 4.79 Å². The minimum absolute atomic E-state index is 0.137. The van der Waals surface area contributed by atoms with Crippen molar-refractivity contribution in [1.29, 1.82) is 0 Å². The molecular formula is C16H24BrN3O2. The zero-order valence-electron chi connectivity index (χ0n) is 13.4. The van der Waals surface area contributed by atoms with Gasteiger partial charge < -0.3 is 20.7 Å². The number of ether oxygens (including phenoxy) is 1. The largest absolute Gasteiger partial charge is 0.444 e. The number of halogens is 1. The molecule has 1 amide bonds. The van der Waals surface area contributed by atoms with Crippen LogP contribution in [0.5, 0.6) is 0 Å². The van der Waals surface area contributed by atoms with Crippen LogP contribution in [-0.2, 0) is 4.74 Å². The molecule has 0 radical (unpaired) electrons. The van der Waals surface area contributed by atoms with Gasteiger partial charge >= 0.3 is 6.09 Å². The third-order valence-electron chi connectivity index (χ3n) is 3.55. The van der Waals surface area contributed by atoms with Crippen LogP contribution >= 0.6 is 15.9 Å². The molecule has 1 aromatic carbocycles. The summed E-state index contributed by atoms with van der Waals surface area (Å²) in [5, 5.41) is 3.33. The van der Waals surface area contributed by atoms with Crippen molar-refractivity contribution in [3.63, 3.8) is 0 Å². The highest BCUT2D eigenvalue weighted by Crippen LogP contribution is 2.25. The Morgan fingerprint density at radius 2 is 2.23 bits per heavy atom. The Kier molecular flexibility index (Phi) is 5.21. The summed E-state index contributed by atoms with van der Waals surface area (Å²) in [5.74, 6) is 0. The van der Waals surface area contributed by atoms with E-state index >= 15 is 0 Å². The lowest BCUT2D eigenvalue weighted by Gasteiger charge is -2.29. The van der Waals surface area contributed by atoms with Gasteiger partial charge in [0.2, 0.25) is 0 Å². The van der Waals surface area contributed by atoms with E-state index in [2.05, 4.69) is 21.2 Å². The number of benzene rings is 1. The monoisotopic (exact) mass is 369 g/mol. The molecule has 1 aromatic rings. The van der Waals surface area contributed by atoms with Crippen LogP contribution < -0.4 is 11.1 Å². The van der Waals surface area contributed by atoms with Crippen molar-refractivity contribution in [2.24, 2.45) is 0 Å². The van der Waals surface area contributed by atoms with E-state index in [0.29, 0.717) is 12.2 Å². The number of nitrogens with zero attached hydrogens (tertiary/aromatic N) is 1. The van der Waals surface area contributed by atoms with Gasteiger partial charge in [-0.15, -0.1) is 0 Å². The van der Waals surface area contributed by atoms with Crippen LogP contribution in [0.25, 0.3) is 0 Å². The molecule has 0 spiro atoms. The van der Waals surface area contributed by atoms with Crippen molar-refractivity contribution in [1.82, 2.24) is 4.90 Å². The van der Waals surface area contributed by atoms with Crippen LogP contribution in [0.2, 0.25) is 0 Å². The number of anilines is 2. The summed E-state index contributed by atoms with van der Waals surface area (Å²) >= 11 is 3.39. The lowest BCUT2D eigenvalue weighted by molar-refractivity contribution is 0.0235. The predicted molar refractivity (Wildman–Crippen MR) is 93.0 cm³/mol. The summed E-state index contributed by atoms with van der Waals surface area (Å²) in [5.41, 5.74) is 7.10. The third kappa shape index (κ3) is 4.53. The second-order valence-corrected chi connectivity index (χ2v) is 7.50. The topological polar surface area (TPSA) is 67.6 Å². The molecule has 1 saturated heterocycles. The Hall–Kier alpha value is -1.43. The molecule has 5 nitrogen and oxygen atoms in total. The van der Waals surface area contributed by atoms with Gasteiger partial charge in [0.25, 0.3) is 0 Å². The fourth-order valence-electron chi connectivity index (χ4n) is 2.53. The van der Waals surface area contributed by atoms with Crippen LogP contribution in [0.15, 0.2) is 22.7 Å². The first-order chi connectivity index (χ1) is 10.3. The third-order valence-corrected chi connectivity index (χ3v) is 4.04. The standard InChI is InChI=1S/C16H24BrN3O2/c1-16(2,3)22-15(21)20-8-4-5-12(20)10-19-14-7-6-11(17)9-13(14)18/h6-7,9,12,19H,4-5,8,10,18H2,1-3H3. The SMILES string of the molecule is CC(C)(C)OC(=O)N1CCCC1CNc1ccc(Br)cc1N. The molecular weight excluding hydrogens is 346 g/mol. The van der Waals surface area contributed by atoms with E-state index in [1.165, 1.54) is 0 Å². The number of nitrogens with two attached hydrogens (primary N) is 1. The maximum Gasteiger partial charge on any atom is 0.410 e. The zero-order chi connectivity index (χ0) is 16.3. The van der Waals surface area contributed by atoms with Crippen molar-refractivity contribution in [2.75, 3.05) is 24.1 Å². The van der Waals surface area contributed by atoms with Gasteiger partial charge in [0, 0.05) is 17.6 Å². The lowest BCUT2D eigenvalue weighted by atomic mass is 10.2. The van der Waals surface area contributed by atoms with Crippen LogP contribution in [-0.4, -0.2) is 35.7 Å². The summed E-state index contributed by atoms with van der Waals surface area (Å²) in [6.07, 6.45) is 1.74. The van der Waals surface area contributed by atoms with Gasteiger partial charge in [0.1, 0.15) is 5.60 Å². The first-order valence-corrected chi connectivity index (χ1v) is 8.34. The fraction of sp³-hybridized carbons (Fsp3) is 0.562. The van der Waals surface area contributed by atoms with Crippen molar-refractivity contribution in [3.8, 4) is 0 Å². The van der Waals surface area contributed by atoms with E-state index in [0.717, 1.165) is 29.5 Å². The molecule has 1 aliphatic rings. The van der Waals surface area contributed by atoms with Gasteiger partial charge in [0.15, 0.2) is 0 Å². The summed E-state index contributed by atoms with van der Waals surface area (Å²) in [7, 11) is 0. The van der Waals surface area contributed by atoms with E-state index < -0.39 is 5.60 Å². The molecule has 3 N–H and O–H groups in total. The minimum atomic E-state index is -0.464. The molecule has 22 heavy (non-hydrogen) atoms. The number of carbonyl (C=O) groups excluding carboxylic acids is 1. The summed E-state index contributed by atoms with van der Waals surface area (Å²) in [6, 6.07) is 5.88. The van der Waals surface area contributed by atoms with Gasteiger partial charge in [-0.1, -0.05) is 15.9 Å². The van der Waals surface area contributed by atoms with Crippen molar-refractivity contribution in [2.45, 2.75) is 45.3 Å². The van der Waals surface area contributed by atoms with E-state index in [1.807, 2.05) is 43.9 Å². The molecule has 1 atom stereocenters. The summed E-state index contributed by atoms with van der Waals surface area (Å²) in [4.78, 5) is 14.1. The fourth-order valence-corrected chi connectivity index (χ4v) is 2.91. The number of rotatable bonds is 3. The van der Waals surface area contributed by atoms with E-state index in [9.17, 15) is 4.79 Å². The average molecular weight is 370 g/mol. The summed E-state index contributed by atoms with van der Waals surface area (Å²) < 4.78 is 6.42. The number of hydrogen-bond acceptors (Lipinski definition) is 4. The Labute approximate surface area is 140 Å². The molecule has 1 aliphatic heterocycles. The van der Waals surface area contributed by atoms with Crippen LogP contribution in [0.3, 0.4) is 0 Å². The zero-order valence-corrected chi connectivity index (χ0v) is 14.9. The maximum absolute atomic E-state index is 12.2. The average Bonchev–Trinajstić information content (AvgIpc) is 2.84. The number of likely N-dealkylation sites (tertiary alicyclic amines) is 1. The number of amides is 1. The van der Waals surface area contributed by atoms with Crippen molar-refractivity contribution < 1.29 is 9.53 Å². The Balaban J connectivity index is 1.95. The Bertz CT molecular complexity index is 543. The van der Waals surface area contributed by atoms with Gasteiger partial charge in [-0.05, 0) is 51.8 Å². The van der Waals surface area contributed by atoms with Gasteiger partial charge in [-0.3, -0.25) is 0 Å². The second-order valence-electron chi connectivity index (χ2n) is 6.58. The van der Waals surface area contributed by atoms with Gasteiger partial charge in [-0.2, -0.15) is 0 Å². The quantitative estimate of drug-likeness (QED) is 0.794. The lowest BCUT2D eigenvalue weighted by Crippen LogP contribution is -2.42. The van der Waals surface area contributed by atoms with Crippen LogP contribution in [0, 0.1) is 0 Å². The highest BCUT2D eigenvalue weighted by molar-refractivity contribution is 9.10. The molecule has 0 aromatic heterocycles. The smallest absolute Gasteiger partial charge is 0.410 e. The van der Waals surface area contributed by atoms with E-state index in [-0.39, 0.29) is 12.1 Å². The van der Waals surface area contributed by atoms with E-state index in [1.54, 1.807) is 0 Å². The minimum Gasteiger partial charge on any atom is -0.444 e. The molecule has 0 saturated carbocycles. The molecule has 1 unspecified atom stereocenters. The molecule has 2 rings (SSSR count).